The Bertz CT molecular complexity index is 662. The second kappa shape index (κ2) is 6.76. The Balaban J connectivity index is 1.59. The lowest BCUT2D eigenvalue weighted by Crippen LogP contribution is -2.47. The van der Waals surface area contributed by atoms with Crippen molar-refractivity contribution in [1.82, 2.24) is 19.4 Å². The molecule has 0 spiro atoms. The largest absolute Gasteiger partial charge is 0.337 e. The molecule has 6 heteroatoms. The minimum atomic E-state index is -0.529. The maximum absolute atomic E-state index is 13.9. The zero-order chi connectivity index (χ0) is 16.4. The van der Waals surface area contributed by atoms with Gasteiger partial charge in [-0.1, -0.05) is 6.07 Å². The van der Waals surface area contributed by atoms with Gasteiger partial charge in [-0.15, -0.1) is 0 Å². The van der Waals surface area contributed by atoms with Crippen LogP contribution in [0.3, 0.4) is 0 Å². The van der Waals surface area contributed by atoms with Crippen LogP contribution >= 0.6 is 0 Å². The van der Waals surface area contributed by atoms with Crippen LogP contribution in [0.5, 0.6) is 0 Å². The number of aryl methyl sites for hydroxylation is 1. The van der Waals surface area contributed by atoms with Crippen molar-refractivity contribution in [3.8, 4) is 0 Å². The van der Waals surface area contributed by atoms with E-state index in [1.165, 1.54) is 6.07 Å². The van der Waals surface area contributed by atoms with Gasteiger partial charge in [0.1, 0.15) is 17.5 Å². The van der Waals surface area contributed by atoms with Gasteiger partial charge < -0.3 is 4.57 Å². The third kappa shape index (κ3) is 3.59. The molecule has 0 bridgehead atoms. The second-order valence-corrected chi connectivity index (χ2v) is 6.11. The summed E-state index contributed by atoms with van der Waals surface area (Å²) in [6.45, 7) is 6.37. The van der Waals surface area contributed by atoms with Crippen molar-refractivity contribution in [2.24, 2.45) is 7.05 Å². The molecule has 124 valence electrons. The second-order valence-electron chi connectivity index (χ2n) is 6.11. The monoisotopic (exact) mass is 320 g/mol. The van der Waals surface area contributed by atoms with Gasteiger partial charge in [0.25, 0.3) is 0 Å². The highest BCUT2D eigenvalue weighted by molar-refractivity contribution is 5.22. The summed E-state index contributed by atoms with van der Waals surface area (Å²) in [6, 6.07) is 3.79. The summed E-state index contributed by atoms with van der Waals surface area (Å²) >= 11 is 0. The number of aromatic nitrogens is 2. The minimum absolute atomic E-state index is 0.0501. The van der Waals surface area contributed by atoms with Gasteiger partial charge in [-0.3, -0.25) is 9.80 Å². The fraction of sp³-hybridized carbons (Fsp3) is 0.471. The summed E-state index contributed by atoms with van der Waals surface area (Å²) in [4.78, 5) is 8.95. The van der Waals surface area contributed by atoms with Gasteiger partial charge in [0, 0.05) is 63.3 Å². The van der Waals surface area contributed by atoms with Crippen molar-refractivity contribution in [3.63, 3.8) is 0 Å². The fourth-order valence-electron chi connectivity index (χ4n) is 3.09. The van der Waals surface area contributed by atoms with Crippen molar-refractivity contribution >= 4 is 0 Å². The van der Waals surface area contributed by atoms with Crippen LogP contribution in [-0.4, -0.2) is 45.5 Å². The molecule has 1 aliphatic rings. The number of rotatable bonds is 4. The number of halogens is 2. The molecule has 1 saturated heterocycles. The van der Waals surface area contributed by atoms with Gasteiger partial charge in [0.15, 0.2) is 0 Å². The first-order valence-corrected chi connectivity index (χ1v) is 7.92. The Morgan fingerprint density at radius 1 is 1.17 bits per heavy atom. The van der Waals surface area contributed by atoms with E-state index in [4.69, 9.17) is 0 Å². The van der Waals surface area contributed by atoms with E-state index in [1.807, 2.05) is 30.9 Å². The average molecular weight is 320 g/mol. The van der Waals surface area contributed by atoms with E-state index in [0.29, 0.717) is 5.56 Å². The smallest absolute Gasteiger partial charge is 0.130 e. The highest BCUT2D eigenvalue weighted by atomic mass is 19.1. The molecule has 23 heavy (non-hydrogen) atoms. The molecule has 0 N–H and O–H groups in total. The van der Waals surface area contributed by atoms with Crippen LogP contribution in [0.4, 0.5) is 8.78 Å². The molecular formula is C17H22F2N4. The van der Waals surface area contributed by atoms with Gasteiger partial charge in [0.2, 0.25) is 0 Å². The van der Waals surface area contributed by atoms with Crippen molar-refractivity contribution in [2.75, 3.05) is 26.2 Å². The molecule has 1 aromatic carbocycles. The number of imidazole rings is 1. The van der Waals surface area contributed by atoms with Gasteiger partial charge in [0.05, 0.1) is 6.54 Å². The molecule has 1 aliphatic heterocycles. The van der Waals surface area contributed by atoms with Crippen LogP contribution < -0.4 is 0 Å². The molecule has 2 heterocycles. The van der Waals surface area contributed by atoms with Gasteiger partial charge in [-0.05, 0) is 13.0 Å². The Morgan fingerprint density at radius 2 is 1.91 bits per heavy atom. The van der Waals surface area contributed by atoms with Crippen LogP contribution in [0.1, 0.15) is 24.4 Å². The van der Waals surface area contributed by atoms with Crippen LogP contribution in [0.15, 0.2) is 30.6 Å². The maximum Gasteiger partial charge on any atom is 0.130 e. The quantitative estimate of drug-likeness (QED) is 0.865. The summed E-state index contributed by atoms with van der Waals surface area (Å²) < 4.78 is 29.0. The third-order valence-corrected chi connectivity index (χ3v) is 4.65. The van der Waals surface area contributed by atoms with Crippen LogP contribution in [-0.2, 0) is 13.6 Å². The predicted octanol–water partition coefficient (Wildman–Crippen LogP) is 2.58. The normalized spacial score (nSPS) is 18.3. The van der Waals surface area contributed by atoms with E-state index < -0.39 is 11.6 Å². The molecule has 4 nitrogen and oxygen atoms in total. The number of hydrogen-bond acceptors (Lipinski definition) is 3. The Morgan fingerprint density at radius 3 is 2.52 bits per heavy atom. The zero-order valence-corrected chi connectivity index (χ0v) is 13.5. The lowest BCUT2D eigenvalue weighted by molar-refractivity contribution is 0.0943. The summed E-state index contributed by atoms with van der Waals surface area (Å²) in [5.41, 5.74) is 0.559. The van der Waals surface area contributed by atoms with Crippen LogP contribution in [0, 0.1) is 11.6 Å². The van der Waals surface area contributed by atoms with E-state index in [2.05, 4.69) is 14.8 Å². The van der Waals surface area contributed by atoms with Crippen molar-refractivity contribution < 1.29 is 8.78 Å². The van der Waals surface area contributed by atoms with Crippen LogP contribution in [0.2, 0.25) is 0 Å². The zero-order valence-electron chi connectivity index (χ0n) is 13.5. The molecule has 0 radical (unpaired) electrons. The molecule has 0 unspecified atom stereocenters. The molecule has 2 aromatic rings. The summed E-state index contributed by atoms with van der Waals surface area (Å²) in [5, 5.41) is 0. The third-order valence-electron chi connectivity index (χ3n) is 4.65. The Labute approximate surface area is 135 Å². The summed E-state index contributed by atoms with van der Waals surface area (Å²) in [6.07, 6.45) is 3.76. The summed E-state index contributed by atoms with van der Waals surface area (Å²) in [5.74, 6) is 0.0577. The van der Waals surface area contributed by atoms with Gasteiger partial charge in [-0.25, -0.2) is 13.8 Å². The fourth-order valence-corrected chi connectivity index (χ4v) is 3.09. The lowest BCUT2D eigenvalue weighted by Gasteiger charge is -2.38. The molecule has 0 saturated carbocycles. The van der Waals surface area contributed by atoms with Crippen molar-refractivity contribution in [3.05, 3.63) is 53.6 Å². The highest BCUT2D eigenvalue weighted by Gasteiger charge is 2.24. The van der Waals surface area contributed by atoms with Gasteiger partial charge >= 0.3 is 0 Å². The Kier molecular flexibility index (Phi) is 4.73. The highest BCUT2D eigenvalue weighted by Crippen LogP contribution is 2.24. The SMILES string of the molecule is C[C@@H](c1ccc(F)cc1F)N1CCN(Cc2nccn2C)CC1. The average Bonchev–Trinajstić information content (AvgIpc) is 2.93. The van der Waals surface area contributed by atoms with Crippen molar-refractivity contribution in [1.29, 1.82) is 0 Å². The molecule has 1 aromatic heterocycles. The number of nitrogens with zero attached hydrogens (tertiary/aromatic N) is 4. The molecule has 3 rings (SSSR count). The van der Waals surface area contributed by atoms with E-state index in [1.54, 1.807) is 6.07 Å². The van der Waals surface area contributed by atoms with Crippen LogP contribution in [0.25, 0.3) is 0 Å². The standard InChI is InChI=1S/C17H22F2N4/c1-13(15-4-3-14(18)11-16(15)19)23-9-7-22(8-10-23)12-17-20-5-6-21(17)2/h3-6,11,13H,7-10,12H2,1-2H3/t13-/m0/s1. The van der Waals surface area contributed by atoms with E-state index in [0.717, 1.165) is 44.6 Å². The number of piperazine rings is 1. The maximum atomic E-state index is 13.9. The molecular weight excluding hydrogens is 298 g/mol. The minimum Gasteiger partial charge on any atom is -0.337 e. The first-order valence-electron chi connectivity index (χ1n) is 7.92. The molecule has 0 aliphatic carbocycles. The topological polar surface area (TPSA) is 24.3 Å². The Hall–Kier alpha value is -1.79. The van der Waals surface area contributed by atoms with Crippen molar-refractivity contribution in [2.45, 2.75) is 19.5 Å². The van der Waals surface area contributed by atoms with E-state index in [-0.39, 0.29) is 6.04 Å². The first-order chi connectivity index (χ1) is 11.0. The number of hydrogen-bond donors (Lipinski definition) is 0. The lowest BCUT2D eigenvalue weighted by atomic mass is 10.1. The summed E-state index contributed by atoms with van der Waals surface area (Å²) in [7, 11) is 2.00. The molecule has 1 fully saturated rings. The molecule has 0 amide bonds. The van der Waals surface area contributed by atoms with E-state index in [9.17, 15) is 8.78 Å². The van der Waals surface area contributed by atoms with Gasteiger partial charge in [-0.2, -0.15) is 0 Å². The first kappa shape index (κ1) is 16.1. The number of benzene rings is 1. The predicted molar refractivity (Wildman–Crippen MR) is 84.8 cm³/mol. The van der Waals surface area contributed by atoms with E-state index >= 15 is 0 Å². The molecule has 1 atom stereocenters.